The maximum absolute atomic E-state index is 13.2. The number of sulfone groups is 1. The van der Waals surface area contributed by atoms with Crippen molar-refractivity contribution in [2.75, 3.05) is 19.4 Å². The van der Waals surface area contributed by atoms with E-state index in [1.54, 1.807) is 18.2 Å². The molecule has 0 unspecified atom stereocenters. The highest BCUT2D eigenvalue weighted by Crippen LogP contribution is 2.28. The highest BCUT2D eigenvalue weighted by Gasteiger charge is 2.22. The normalized spacial score (nSPS) is 12.2. The molecule has 0 spiro atoms. The van der Waals surface area contributed by atoms with Crippen LogP contribution >= 0.6 is 11.6 Å². The molecule has 0 saturated heterocycles. The van der Waals surface area contributed by atoms with Crippen LogP contribution in [-0.2, 0) is 15.4 Å². The van der Waals surface area contributed by atoms with Crippen molar-refractivity contribution in [3.8, 4) is 5.75 Å². The van der Waals surface area contributed by atoms with Crippen LogP contribution in [0.2, 0.25) is 5.02 Å². The Morgan fingerprint density at radius 2 is 1.81 bits per heavy atom. The second-order valence-electron chi connectivity index (χ2n) is 6.62. The zero-order chi connectivity index (χ0) is 19.4. The highest BCUT2D eigenvalue weighted by molar-refractivity contribution is 7.90. The van der Waals surface area contributed by atoms with Crippen LogP contribution in [-0.4, -0.2) is 27.8 Å². The van der Waals surface area contributed by atoms with Crippen molar-refractivity contribution in [1.82, 2.24) is 5.32 Å². The van der Waals surface area contributed by atoms with Crippen molar-refractivity contribution >= 4 is 21.4 Å². The van der Waals surface area contributed by atoms with Crippen LogP contribution in [0.1, 0.15) is 25.8 Å². The van der Waals surface area contributed by atoms with E-state index in [1.165, 1.54) is 30.5 Å². The molecule has 1 N–H and O–H groups in total. The van der Waals surface area contributed by atoms with E-state index in [0.717, 1.165) is 12.0 Å². The minimum absolute atomic E-state index is 0.268. The Balaban J connectivity index is 1.81. The molecule has 0 saturated carbocycles. The minimum Gasteiger partial charge on any atom is -0.494 e. The molecule has 26 heavy (non-hydrogen) atoms. The van der Waals surface area contributed by atoms with Crippen molar-refractivity contribution in [2.45, 2.75) is 30.7 Å². The van der Waals surface area contributed by atoms with Crippen molar-refractivity contribution in [2.24, 2.45) is 0 Å². The Bertz CT molecular complexity index is 852. The average molecular weight is 400 g/mol. The standard InChI is InChI=1S/C19H23ClFNO3S/c1-19(2,17-10-5-14(21)13-18(17)20)22-11-4-12-25-15-6-8-16(9-7-15)26(3,23)24/h5-10,13,22H,4,11-12H2,1-3H3. The summed E-state index contributed by atoms with van der Waals surface area (Å²) in [5, 5.41) is 3.78. The summed E-state index contributed by atoms with van der Waals surface area (Å²) < 4.78 is 41.6. The first-order chi connectivity index (χ1) is 12.1. The Morgan fingerprint density at radius 3 is 2.38 bits per heavy atom. The second kappa shape index (κ2) is 8.37. The molecule has 0 atom stereocenters. The number of hydrogen-bond donors (Lipinski definition) is 1. The number of benzene rings is 2. The molecule has 0 radical (unpaired) electrons. The summed E-state index contributed by atoms with van der Waals surface area (Å²) in [5.41, 5.74) is 0.430. The third-order valence-electron chi connectivity index (χ3n) is 4.01. The number of hydrogen-bond acceptors (Lipinski definition) is 4. The molecule has 0 aliphatic rings. The van der Waals surface area contributed by atoms with Gasteiger partial charge in [-0.15, -0.1) is 0 Å². The maximum atomic E-state index is 13.2. The molecule has 2 rings (SSSR count). The smallest absolute Gasteiger partial charge is 0.175 e. The Morgan fingerprint density at radius 1 is 1.15 bits per heavy atom. The number of nitrogens with one attached hydrogen (secondary N) is 1. The van der Waals surface area contributed by atoms with E-state index in [4.69, 9.17) is 16.3 Å². The fraction of sp³-hybridized carbons (Fsp3) is 0.368. The van der Waals surface area contributed by atoms with Gasteiger partial charge in [-0.3, -0.25) is 0 Å². The summed E-state index contributed by atoms with van der Waals surface area (Å²) in [5.74, 6) is 0.267. The van der Waals surface area contributed by atoms with Crippen molar-refractivity contribution in [1.29, 1.82) is 0 Å². The molecule has 0 aliphatic heterocycles. The molecule has 0 amide bonds. The van der Waals surface area contributed by atoms with E-state index in [-0.39, 0.29) is 10.7 Å². The minimum atomic E-state index is -3.20. The first kappa shape index (κ1) is 20.7. The van der Waals surface area contributed by atoms with E-state index in [0.29, 0.717) is 23.9 Å². The maximum Gasteiger partial charge on any atom is 0.175 e. The van der Waals surface area contributed by atoms with Gasteiger partial charge in [-0.1, -0.05) is 17.7 Å². The molecule has 0 heterocycles. The molecule has 4 nitrogen and oxygen atoms in total. The van der Waals surface area contributed by atoms with Gasteiger partial charge >= 0.3 is 0 Å². The molecule has 0 fully saturated rings. The van der Waals surface area contributed by atoms with E-state index in [1.807, 2.05) is 13.8 Å². The van der Waals surface area contributed by atoms with Gasteiger partial charge < -0.3 is 10.1 Å². The zero-order valence-electron chi connectivity index (χ0n) is 15.1. The van der Waals surface area contributed by atoms with Crippen molar-refractivity contribution < 1.29 is 17.5 Å². The van der Waals surface area contributed by atoms with Crippen LogP contribution in [0.3, 0.4) is 0 Å². The van der Waals surface area contributed by atoms with Gasteiger partial charge in [-0.25, -0.2) is 12.8 Å². The Hall–Kier alpha value is -1.63. The quantitative estimate of drug-likeness (QED) is 0.676. The van der Waals surface area contributed by atoms with Crippen molar-refractivity contribution in [3.63, 3.8) is 0 Å². The molecule has 0 aliphatic carbocycles. The molecule has 7 heteroatoms. The van der Waals surface area contributed by atoms with E-state index >= 15 is 0 Å². The van der Waals surface area contributed by atoms with Crippen molar-refractivity contribution in [3.05, 3.63) is 58.9 Å². The van der Waals surface area contributed by atoms with Gasteiger partial charge in [-0.05, 0) is 68.8 Å². The van der Waals surface area contributed by atoms with Gasteiger partial charge in [0.1, 0.15) is 11.6 Å². The van der Waals surface area contributed by atoms with Gasteiger partial charge in [-0.2, -0.15) is 0 Å². The molecular weight excluding hydrogens is 377 g/mol. The Kier molecular flexibility index (Phi) is 6.66. The third-order valence-corrected chi connectivity index (χ3v) is 5.45. The molecule has 2 aromatic rings. The van der Waals surface area contributed by atoms with Crippen LogP contribution in [0.15, 0.2) is 47.4 Å². The Labute approximate surface area is 159 Å². The first-order valence-electron chi connectivity index (χ1n) is 8.23. The first-order valence-corrected chi connectivity index (χ1v) is 10.5. The highest BCUT2D eigenvalue weighted by atomic mass is 35.5. The largest absolute Gasteiger partial charge is 0.494 e. The predicted molar refractivity (Wildman–Crippen MR) is 102 cm³/mol. The van der Waals surface area contributed by atoms with E-state index < -0.39 is 15.4 Å². The number of halogens is 2. The summed E-state index contributed by atoms with van der Waals surface area (Å²) >= 11 is 6.13. The van der Waals surface area contributed by atoms with Gasteiger partial charge in [0.05, 0.1) is 11.5 Å². The fourth-order valence-electron chi connectivity index (χ4n) is 2.54. The summed E-state index contributed by atoms with van der Waals surface area (Å²) in [6, 6.07) is 10.7. The summed E-state index contributed by atoms with van der Waals surface area (Å²) in [4.78, 5) is 0.268. The number of ether oxygens (including phenoxy) is 1. The summed E-state index contributed by atoms with van der Waals surface area (Å²) in [7, 11) is -3.20. The average Bonchev–Trinajstić information content (AvgIpc) is 2.53. The SMILES string of the molecule is CC(C)(NCCCOc1ccc(S(C)(=O)=O)cc1)c1ccc(F)cc1Cl. The van der Waals surface area contributed by atoms with E-state index in [9.17, 15) is 12.8 Å². The lowest BCUT2D eigenvalue weighted by molar-refractivity contribution is 0.295. The lowest BCUT2D eigenvalue weighted by atomic mass is 9.94. The lowest BCUT2D eigenvalue weighted by Crippen LogP contribution is -2.37. The predicted octanol–water partition coefficient (Wildman–Crippen LogP) is 4.18. The lowest BCUT2D eigenvalue weighted by Gasteiger charge is -2.28. The van der Waals surface area contributed by atoms with Crippen LogP contribution in [0.25, 0.3) is 0 Å². The molecule has 2 aromatic carbocycles. The molecular formula is C19H23ClFNO3S. The third kappa shape index (κ3) is 5.69. The zero-order valence-corrected chi connectivity index (χ0v) is 16.6. The van der Waals surface area contributed by atoms with Crippen LogP contribution in [0.4, 0.5) is 4.39 Å². The van der Waals surface area contributed by atoms with Crippen LogP contribution in [0, 0.1) is 5.82 Å². The molecule has 0 bridgehead atoms. The summed E-state index contributed by atoms with van der Waals surface area (Å²) in [6.07, 6.45) is 1.92. The monoisotopic (exact) mass is 399 g/mol. The summed E-state index contributed by atoms with van der Waals surface area (Å²) in [6.45, 7) is 5.13. The topological polar surface area (TPSA) is 55.4 Å². The van der Waals surface area contributed by atoms with Gasteiger partial charge in [0, 0.05) is 16.8 Å². The van der Waals surface area contributed by atoms with Gasteiger partial charge in [0.2, 0.25) is 0 Å². The molecule has 0 aromatic heterocycles. The molecule has 142 valence electrons. The van der Waals surface area contributed by atoms with Crippen LogP contribution < -0.4 is 10.1 Å². The van der Waals surface area contributed by atoms with Gasteiger partial charge in [0.25, 0.3) is 0 Å². The second-order valence-corrected chi connectivity index (χ2v) is 9.04. The van der Waals surface area contributed by atoms with E-state index in [2.05, 4.69) is 5.32 Å². The van der Waals surface area contributed by atoms with Crippen LogP contribution in [0.5, 0.6) is 5.75 Å². The fourth-order valence-corrected chi connectivity index (χ4v) is 3.57. The number of rotatable bonds is 8. The van der Waals surface area contributed by atoms with Gasteiger partial charge in [0.15, 0.2) is 9.84 Å².